The molecule has 51 heavy (non-hydrogen) atoms. The largest absolute Gasteiger partial charge is 0.481 e. The summed E-state index contributed by atoms with van der Waals surface area (Å²) in [5, 5.41) is 95.6. The maximum atomic E-state index is 10.1. The summed E-state index contributed by atoms with van der Waals surface area (Å²) >= 11 is 0. The molecule has 296 valence electrons. The van der Waals surface area contributed by atoms with Crippen LogP contribution < -0.4 is 0 Å². The molecule has 22 heteroatoms. The summed E-state index contributed by atoms with van der Waals surface area (Å²) in [4.78, 5) is 96.4. The van der Waals surface area contributed by atoms with Gasteiger partial charge in [-0.2, -0.15) is 0 Å². The van der Waals surface area contributed by atoms with Crippen molar-refractivity contribution in [3.05, 3.63) is 12.2 Å². The van der Waals surface area contributed by atoms with Crippen molar-refractivity contribution in [1.29, 1.82) is 0 Å². The zero-order chi connectivity index (χ0) is 41.5. The first-order chi connectivity index (χ1) is 23.3. The lowest BCUT2D eigenvalue weighted by molar-refractivity contribution is -0.153. The number of aliphatic hydroxyl groups excluding tert-OH is 2. The quantitative estimate of drug-likeness (QED) is 0.0472. The summed E-state index contributed by atoms with van der Waals surface area (Å²) in [6, 6.07) is 0. The molecule has 0 saturated heterocycles. The molecule has 0 aromatic heterocycles. The number of carboxylic acid groups (broad SMARTS) is 10. The average molecular weight is 749 g/mol. The first kappa shape index (κ1) is 57.6. The first-order valence-corrected chi connectivity index (χ1v) is 14.6. The summed E-state index contributed by atoms with van der Waals surface area (Å²) in [5.41, 5.74) is 0. The fourth-order valence-electron chi connectivity index (χ4n) is 2.22. The molecule has 0 amide bonds. The highest BCUT2D eigenvalue weighted by molar-refractivity contribution is 5.89. The van der Waals surface area contributed by atoms with Gasteiger partial charge in [0.15, 0.2) is 6.10 Å². The Bertz CT molecular complexity index is 1040. The molecule has 0 aromatic carbocycles. The minimum absolute atomic E-state index is 0.167. The normalized spacial score (nSPS) is 10.4. The molecule has 0 bridgehead atoms. The van der Waals surface area contributed by atoms with E-state index >= 15 is 0 Å². The minimum atomic E-state index is -1.79. The van der Waals surface area contributed by atoms with Crippen LogP contribution in [0.2, 0.25) is 0 Å². The highest BCUT2D eigenvalue weighted by atomic mass is 16.4. The molecule has 12 N–H and O–H groups in total. The molecular weight excluding hydrogens is 700 g/mol. The molecule has 2 unspecified atom stereocenters. The van der Waals surface area contributed by atoms with Crippen LogP contribution in [0.1, 0.15) is 97.3 Å². The predicted octanol–water partition coefficient (Wildman–Crippen LogP) is 1.15. The molecular formula is C29H48O22. The molecule has 0 aliphatic rings. The summed E-state index contributed by atoms with van der Waals surface area (Å²) in [6.45, 7) is 3.64. The molecule has 0 spiro atoms. The zero-order valence-corrected chi connectivity index (χ0v) is 28.0. The highest BCUT2D eigenvalue weighted by Crippen LogP contribution is 2.08. The minimum Gasteiger partial charge on any atom is -0.481 e. The lowest BCUT2D eigenvalue weighted by atomic mass is 10.1. The number of carboxylic acids is 10. The Hall–Kier alpha value is -5.64. The van der Waals surface area contributed by atoms with Crippen molar-refractivity contribution in [2.45, 2.75) is 110 Å². The van der Waals surface area contributed by atoms with Gasteiger partial charge >= 0.3 is 59.7 Å². The second-order valence-corrected chi connectivity index (χ2v) is 9.43. The molecule has 22 nitrogen and oxygen atoms in total. The Kier molecular flexibility index (Phi) is 45.8. The third-order valence-corrected chi connectivity index (χ3v) is 4.34. The maximum absolute atomic E-state index is 10.1. The zero-order valence-electron chi connectivity index (χ0n) is 28.0. The maximum Gasteiger partial charge on any atom is 0.333 e. The lowest BCUT2D eigenvalue weighted by Gasteiger charge is -1.98. The number of carbonyl (C=O) groups is 10. The van der Waals surface area contributed by atoms with Crippen molar-refractivity contribution >= 4 is 59.7 Å². The van der Waals surface area contributed by atoms with Crippen molar-refractivity contribution in [3.8, 4) is 0 Å². The summed E-state index contributed by atoms with van der Waals surface area (Å²) in [7, 11) is 0. The molecule has 0 rings (SSSR count). The molecule has 0 fully saturated rings. The van der Waals surface area contributed by atoms with Gasteiger partial charge in [0, 0.05) is 18.6 Å². The van der Waals surface area contributed by atoms with E-state index in [9.17, 15) is 47.9 Å². The van der Waals surface area contributed by atoms with E-state index in [1.165, 1.54) is 39.0 Å². The van der Waals surface area contributed by atoms with Crippen LogP contribution in [-0.2, 0) is 47.9 Å². The topological polar surface area (TPSA) is 413 Å². The van der Waals surface area contributed by atoms with Crippen LogP contribution in [0.5, 0.6) is 0 Å². The molecule has 0 radical (unpaired) electrons. The van der Waals surface area contributed by atoms with Gasteiger partial charge in [0.1, 0.15) is 6.42 Å². The van der Waals surface area contributed by atoms with Gasteiger partial charge in [0.2, 0.25) is 0 Å². The van der Waals surface area contributed by atoms with Crippen molar-refractivity contribution < 1.29 is 109 Å². The summed E-state index contributed by atoms with van der Waals surface area (Å²) < 4.78 is 0. The van der Waals surface area contributed by atoms with Gasteiger partial charge in [-0.3, -0.25) is 33.6 Å². The average Bonchev–Trinajstić information content (AvgIpc) is 2.94. The van der Waals surface area contributed by atoms with Gasteiger partial charge in [0.05, 0.1) is 31.8 Å². The molecule has 0 aliphatic carbocycles. The van der Waals surface area contributed by atoms with Crippen molar-refractivity contribution in [1.82, 2.24) is 0 Å². The number of aliphatic hydroxyl groups is 2. The van der Waals surface area contributed by atoms with Gasteiger partial charge in [-0.1, -0.05) is 45.4 Å². The lowest BCUT2D eigenvalue weighted by Crippen LogP contribution is -2.22. The van der Waals surface area contributed by atoms with E-state index < -0.39 is 84.7 Å². The van der Waals surface area contributed by atoms with E-state index in [0.29, 0.717) is 18.6 Å². The molecule has 0 aromatic rings. The highest BCUT2D eigenvalue weighted by Gasteiger charge is 2.16. The predicted molar refractivity (Wildman–Crippen MR) is 169 cm³/mol. The van der Waals surface area contributed by atoms with E-state index in [0.717, 1.165) is 12.8 Å². The Labute approximate surface area is 290 Å². The van der Waals surface area contributed by atoms with Gasteiger partial charge in [-0.15, -0.1) is 0 Å². The van der Waals surface area contributed by atoms with Gasteiger partial charge in [0.25, 0.3) is 0 Å². The summed E-state index contributed by atoms with van der Waals surface area (Å²) in [6.07, 6.45) is 4.92. The van der Waals surface area contributed by atoms with E-state index in [1.54, 1.807) is 0 Å². The monoisotopic (exact) mass is 748 g/mol. The Morgan fingerprint density at radius 3 is 0.961 bits per heavy atom. The number of rotatable bonds is 20. The Morgan fingerprint density at radius 1 is 0.451 bits per heavy atom. The van der Waals surface area contributed by atoms with E-state index in [-0.39, 0.29) is 19.3 Å². The molecule has 0 heterocycles. The van der Waals surface area contributed by atoms with Crippen LogP contribution >= 0.6 is 0 Å². The smallest absolute Gasteiger partial charge is 0.333 e. The van der Waals surface area contributed by atoms with Crippen molar-refractivity contribution in [2.75, 3.05) is 0 Å². The summed E-state index contributed by atoms with van der Waals surface area (Å²) in [5.74, 6) is -11.8. The third-order valence-electron chi connectivity index (χ3n) is 4.34. The second kappa shape index (κ2) is 40.5. The van der Waals surface area contributed by atoms with Crippen LogP contribution in [0, 0.1) is 0 Å². The van der Waals surface area contributed by atoms with Crippen molar-refractivity contribution in [2.24, 2.45) is 0 Å². The van der Waals surface area contributed by atoms with Crippen molar-refractivity contribution in [3.63, 3.8) is 0 Å². The van der Waals surface area contributed by atoms with Gasteiger partial charge < -0.3 is 61.3 Å². The molecule has 0 aliphatic heterocycles. The van der Waals surface area contributed by atoms with Crippen LogP contribution in [0.15, 0.2) is 12.2 Å². The molecule has 0 saturated carbocycles. The number of hydrogen-bond donors (Lipinski definition) is 12. The SMILES string of the molecule is CC(O)CC(=O)O.CCCCCCCCCC(=O)O.O=C(O)/C=C/C(=O)O.O=C(O)CC(=O)O.O=C(O)CC(O)C(=O)O.O=C(O)CCC(=O)O. The molecule has 2 atom stereocenters. The van der Waals surface area contributed by atoms with Crippen LogP contribution in [-0.4, -0.2) is 133 Å². The van der Waals surface area contributed by atoms with E-state index in [2.05, 4.69) is 6.92 Å². The van der Waals surface area contributed by atoms with Crippen LogP contribution in [0.4, 0.5) is 0 Å². The Morgan fingerprint density at radius 2 is 0.784 bits per heavy atom. The fourth-order valence-corrected chi connectivity index (χ4v) is 2.22. The Balaban J connectivity index is -0.000000120. The number of unbranched alkanes of at least 4 members (excludes halogenated alkanes) is 6. The number of aliphatic carboxylic acids is 10. The number of hydrogen-bond acceptors (Lipinski definition) is 12. The second-order valence-electron chi connectivity index (χ2n) is 9.43. The van der Waals surface area contributed by atoms with Crippen LogP contribution in [0.25, 0.3) is 0 Å². The van der Waals surface area contributed by atoms with Gasteiger partial charge in [-0.05, 0) is 13.3 Å². The van der Waals surface area contributed by atoms with Gasteiger partial charge in [-0.25, -0.2) is 14.4 Å². The third kappa shape index (κ3) is 92.3. The van der Waals surface area contributed by atoms with Crippen LogP contribution in [0.3, 0.4) is 0 Å². The van der Waals surface area contributed by atoms with E-state index in [4.69, 9.17) is 61.3 Å². The standard InChI is InChI=1S/C10H20O2.C4H6O5.C4H6O4.C4H4O4.C4H8O3.C3H4O4/c1-2-3-4-5-6-7-8-9-10(11)12;5-2(4(8)9)1-3(6)7;2*5-3(6)1-2-4(7)8;1-3(5)2-4(6)7;4-2(5)1-3(6)7/h2-9H2,1H3,(H,11,12);2,5H,1H2,(H,6,7)(H,8,9);1-2H2,(H,5,6)(H,7,8);1-2H,(H,5,6)(H,7,8);3,5H,2H2,1H3,(H,6,7);1H2,(H,4,5)(H,6,7)/b;;;2-1+;;. The van der Waals surface area contributed by atoms with E-state index in [1.807, 2.05) is 0 Å². The first-order valence-electron chi connectivity index (χ1n) is 14.6. The fraction of sp³-hybridized carbons (Fsp3) is 0.586.